The van der Waals surface area contributed by atoms with Gasteiger partial charge >= 0.3 is 0 Å². The van der Waals surface area contributed by atoms with E-state index in [1.807, 2.05) is 97.9 Å². The molecule has 1 amide bonds. The molecule has 0 aliphatic rings. The van der Waals surface area contributed by atoms with Crippen LogP contribution in [0.25, 0.3) is 21.7 Å². The van der Waals surface area contributed by atoms with Crippen molar-refractivity contribution >= 4 is 61.5 Å². The molecule has 0 spiro atoms. The maximum absolute atomic E-state index is 12.6. The number of nitrogens with one attached hydrogen (secondary N) is 1. The van der Waals surface area contributed by atoms with Crippen molar-refractivity contribution in [3.63, 3.8) is 0 Å². The zero-order valence-corrected chi connectivity index (χ0v) is 22.6. The molecule has 0 fully saturated rings. The van der Waals surface area contributed by atoms with E-state index in [1.54, 1.807) is 6.21 Å². The number of rotatable bonds is 8. The fourth-order valence-electron chi connectivity index (χ4n) is 4.06. The third kappa shape index (κ3) is 6.18. The molecule has 0 atom stereocenters. The van der Waals surface area contributed by atoms with E-state index in [4.69, 9.17) is 4.74 Å². The molecule has 5 rings (SSSR count). The minimum Gasteiger partial charge on any atom is -0.488 e. The lowest BCUT2D eigenvalue weighted by atomic mass is 10.0. The van der Waals surface area contributed by atoms with Gasteiger partial charge in [0, 0.05) is 26.0 Å². The van der Waals surface area contributed by atoms with E-state index in [-0.39, 0.29) is 11.7 Å². The first kappa shape index (κ1) is 25.0. The molecule has 0 aliphatic carbocycles. The Hall–Kier alpha value is -3.68. The Bertz CT molecular complexity index is 1620. The van der Waals surface area contributed by atoms with Gasteiger partial charge < -0.3 is 4.74 Å². The van der Waals surface area contributed by atoms with Crippen molar-refractivity contribution in [1.82, 2.24) is 10.4 Å². The highest BCUT2D eigenvalue weighted by Crippen LogP contribution is 2.29. The van der Waals surface area contributed by atoms with Gasteiger partial charge in [-0.2, -0.15) is 5.10 Å². The summed E-state index contributed by atoms with van der Waals surface area (Å²) in [5.41, 5.74) is 6.38. The lowest BCUT2D eigenvalue weighted by Gasteiger charge is -2.12. The fraction of sp³-hybridized carbons (Fsp3) is 0.100. The number of nitrogens with zero attached hydrogens (tertiary/aromatic N) is 2. The second kappa shape index (κ2) is 11.6. The van der Waals surface area contributed by atoms with Gasteiger partial charge in [-0.25, -0.2) is 5.43 Å². The van der Waals surface area contributed by atoms with E-state index in [1.165, 1.54) is 11.8 Å². The van der Waals surface area contributed by atoms with Gasteiger partial charge in [-0.1, -0.05) is 76.6 Å². The maximum atomic E-state index is 12.6. The van der Waals surface area contributed by atoms with Crippen LogP contribution in [-0.4, -0.2) is 22.9 Å². The molecule has 0 saturated carbocycles. The Kier molecular flexibility index (Phi) is 7.82. The number of pyridine rings is 1. The molecule has 5 nitrogen and oxygen atoms in total. The minimum absolute atomic E-state index is 0.184. The van der Waals surface area contributed by atoms with Crippen LogP contribution in [0.4, 0.5) is 0 Å². The number of carbonyl (C=O) groups excluding carboxylic acids is 1. The molecule has 184 valence electrons. The Morgan fingerprint density at radius 1 is 1.00 bits per heavy atom. The molecule has 1 N–H and O–H groups in total. The molecule has 37 heavy (non-hydrogen) atoms. The van der Waals surface area contributed by atoms with Crippen LogP contribution in [0.2, 0.25) is 0 Å². The molecule has 1 heterocycles. The van der Waals surface area contributed by atoms with Crippen LogP contribution in [0.15, 0.2) is 105 Å². The van der Waals surface area contributed by atoms with Crippen LogP contribution in [-0.2, 0) is 11.4 Å². The van der Waals surface area contributed by atoms with E-state index in [0.29, 0.717) is 12.4 Å². The molecule has 0 unspecified atom stereocenters. The number of hydrogen-bond acceptors (Lipinski definition) is 5. The van der Waals surface area contributed by atoms with Crippen LogP contribution in [0.3, 0.4) is 0 Å². The Labute approximate surface area is 228 Å². The van der Waals surface area contributed by atoms with Crippen molar-refractivity contribution in [2.75, 3.05) is 5.75 Å². The number of hydrogen-bond donors (Lipinski definition) is 1. The number of ether oxygens (including phenoxy) is 1. The number of amides is 1. The van der Waals surface area contributed by atoms with Gasteiger partial charge in [0.2, 0.25) is 5.91 Å². The third-order valence-electron chi connectivity index (χ3n) is 5.76. The SMILES string of the molecule is Cc1cc(SCC(=O)N/N=C\c2c(OCc3cccc(Br)c3)ccc3ccccc23)c2ccccc2n1. The highest BCUT2D eigenvalue weighted by atomic mass is 79.9. The van der Waals surface area contributed by atoms with E-state index in [9.17, 15) is 4.79 Å². The maximum Gasteiger partial charge on any atom is 0.250 e. The number of benzene rings is 4. The van der Waals surface area contributed by atoms with E-state index in [2.05, 4.69) is 31.4 Å². The van der Waals surface area contributed by atoms with Gasteiger partial charge in [0.25, 0.3) is 0 Å². The largest absolute Gasteiger partial charge is 0.488 e. The Morgan fingerprint density at radius 2 is 1.81 bits per heavy atom. The van der Waals surface area contributed by atoms with Crippen molar-refractivity contribution in [2.24, 2.45) is 5.10 Å². The molecule has 0 aliphatic heterocycles. The number of aromatic nitrogens is 1. The highest BCUT2D eigenvalue weighted by molar-refractivity contribution is 9.10. The van der Waals surface area contributed by atoms with Crippen molar-refractivity contribution in [3.8, 4) is 5.75 Å². The lowest BCUT2D eigenvalue weighted by molar-refractivity contribution is -0.118. The van der Waals surface area contributed by atoms with Crippen LogP contribution < -0.4 is 10.2 Å². The van der Waals surface area contributed by atoms with Crippen molar-refractivity contribution in [2.45, 2.75) is 18.4 Å². The Morgan fingerprint density at radius 3 is 2.68 bits per heavy atom. The van der Waals surface area contributed by atoms with Gasteiger partial charge in [-0.3, -0.25) is 9.78 Å². The molecule has 0 bridgehead atoms. The molecule has 4 aromatic carbocycles. The summed E-state index contributed by atoms with van der Waals surface area (Å²) in [6.45, 7) is 2.38. The average Bonchev–Trinajstić information content (AvgIpc) is 2.91. The van der Waals surface area contributed by atoms with E-state index >= 15 is 0 Å². The zero-order valence-electron chi connectivity index (χ0n) is 20.1. The summed E-state index contributed by atoms with van der Waals surface area (Å²) in [5, 5.41) is 7.39. The van der Waals surface area contributed by atoms with Gasteiger partial charge in [0.1, 0.15) is 12.4 Å². The summed E-state index contributed by atoms with van der Waals surface area (Å²) in [6.07, 6.45) is 1.66. The second-order valence-electron chi connectivity index (χ2n) is 8.48. The number of fused-ring (bicyclic) bond motifs is 2. The molecule has 1 aromatic heterocycles. The van der Waals surface area contributed by atoms with Gasteiger partial charge in [-0.05, 0) is 53.6 Å². The van der Waals surface area contributed by atoms with Crippen LogP contribution in [0.5, 0.6) is 5.75 Å². The molecular formula is C30H24BrN3O2S. The smallest absolute Gasteiger partial charge is 0.250 e. The topological polar surface area (TPSA) is 63.6 Å². The number of thioether (sulfide) groups is 1. The second-order valence-corrected chi connectivity index (χ2v) is 10.4. The normalized spacial score (nSPS) is 11.3. The molecule has 0 saturated heterocycles. The summed E-state index contributed by atoms with van der Waals surface area (Å²) >= 11 is 4.98. The van der Waals surface area contributed by atoms with Gasteiger partial charge in [0.05, 0.1) is 17.5 Å². The minimum atomic E-state index is -0.184. The van der Waals surface area contributed by atoms with Crippen LogP contribution in [0, 0.1) is 6.92 Å². The number of hydrazone groups is 1. The number of halogens is 1. The number of carbonyl (C=O) groups is 1. The lowest BCUT2D eigenvalue weighted by Crippen LogP contribution is -2.19. The number of aryl methyl sites for hydroxylation is 1. The van der Waals surface area contributed by atoms with Gasteiger partial charge in [-0.15, -0.1) is 11.8 Å². The Balaban J connectivity index is 1.30. The first-order valence-electron chi connectivity index (χ1n) is 11.8. The van der Waals surface area contributed by atoms with Crippen molar-refractivity contribution in [1.29, 1.82) is 0 Å². The van der Waals surface area contributed by atoms with Crippen LogP contribution >= 0.6 is 27.7 Å². The first-order valence-corrected chi connectivity index (χ1v) is 13.5. The molecule has 5 aromatic rings. The quantitative estimate of drug-likeness (QED) is 0.121. The van der Waals surface area contributed by atoms with Gasteiger partial charge in [0.15, 0.2) is 0 Å². The van der Waals surface area contributed by atoms with Crippen molar-refractivity contribution in [3.05, 3.63) is 112 Å². The van der Waals surface area contributed by atoms with E-state index in [0.717, 1.165) is 47.9 Å². The fourth-order valence-corrected chi connectivity index (χ4v) is 5.44. The first-order chi connectivity index (χ1) is 18.1. The monoisotopic (exact) mass is 569 g/mol. The van der Waals surface area contributed by atoms with E-state index < -0.39 is 0 Å². The molecule has 0 radical (unpaired) electrons. The summed E-state index contributed by atoms with van der Waals surface area (Å²) in [7, 11) is 0. The standard InChI is InChI=1S/C30H24BrN3O2S/c1-20-15-29(25-11-4-5-12-27(25)33-20)37-19-30(35)34-32-17-26-24-10-3-2-8-22(24)13-14-28(26)36-18-21-7-6-9-23(31)16-21/h2-17H,18-19H2,1H3,(H,34,35)/b32-17-. The zero-order chi connectivity index (χ0) is 25.6. The number of para-hydroxylation sites is 1. The summed E-state index contributed by atoms with van der Waals surface area (Å²) < 4.78 is 7.17. The predicted molar refractivity (Wildman–Crippen MR) is 155 cm³/mol. The van der Waals surface area contributed by atoms with Crippen LogP contribution in [0.1, 0.15) is 16.8 Å². The summed E-state index contributed by atoms with van der Waals surface area (Å²) in [6, 6.07) is 30.0. The summed E-state index contributed by atoms with van der Waals surface area (Å²) in [4.78, 5) is 18.2. The molecular weight excluding hydrogens is 546 g/mol. The average molecular weight is 571 g/mol. The highest BCUT2D eigenvalue weighted by Gasteiger charge is 2.10. The third-order valence-corrected chi connectivity index (χ3v) is 7.31. The summed E-state index contributed by atoms with van der Waals surface area (Å²) in [5.74, 6) is 0.758. The molecule has 7 heteroatoms. The predicted octanol–water partition coefficient (Wildman–Crippen LogP) is 7.28. The van der Waals surface area contributed by atoms with Crippen molar-refractivity contribution < 1.29 is 9.53 Å².